The summed E-state index contributed by atoms with van der Waals surface area (Å²) in [6.07, 6.45) is 3.29. The fourth-order valence-corrected chi connectivity index (χ4v) is 1.90. The van der Waals surface area contributed by atoms with Crippen molar-refractivity contribution in [2.75, 3.05) is 5.32 Å². The van der Waals surface area contributed by atoms with Crippen molar-refractivity contribution in [3.05, 3.63) is 57.8 Å². The number of aromatic nitrogens is 1. The molecular formula is C14H13BrN2O. The van der Waals surface area contributed by atoms with E-state index in [0.29, 0.717) is 11.3 Å². The number of rotatable bonds is 2. The molecule has 0 unspecified atom stereocenters. The van der Waals surface area contributed by atoms with Crippen LogP contribution in [-0.4, -0.2) is 10.9 Å². The van der Waals surface area contributed by atoms with Gasteiger partial charge in [-0.3, -0.25) is 9.78 Å². The maximum absolute atomic E-state index is 12.1. The van der Waals surface area contributed by atoms with Crippen LogP contribution in [0.2, 0.25) is 0 Å². The van der Waals surface area contributed by atoms with Crippen LogP contribution in [0.15, 0.2) is 41.1 Å². The number of pyridine rings is 1. The van der Waals surface area contributed by atoms with E-state index in [1.165, 1.54) is 5.56 Å². The van der Waals surface area contributed by atoms with Crippen LogP contribution in [0.4, 0.5) is 5.69 Å². The minimum atomic E-state index is -0.120. The monoisotopic (exact) mass is 304 g/mol. The molecule has 0 radical (unpaired) electrons. The number of halogens is 1. The van der Waals surface area contributed by atoms with Gasteiger partial charge in [0.25, 0.3) is 5.91 Å². The predicted octanol–water partition coefficient (Wildman–Crippen LogP) is 3.71. The summed E-state index contributed by atoms with van der Waals surface area (Å²) in [4.78, 5) is 16.0. The van der Waals surface area contributed by atoms with Gasteiger partial charge in [0.15, 0.2) is 0 Å². The number of hydrogen-bond donors (Lipinski definition) is 1. The quantitative estimate of drug-likeness (QED) is 0.919. The summed E-state index contributed by atoms with van der Waals surface area (Å²) in [5.74, 6) is -0.120. The number of nitrogens with one attached hydrogen (secondary N) is 1. The Hall–Kier alpha value is -1.68. The van der Waals surface area contributed by atoms with Crippen molar-refractivity contribution >= 4 is 27.5 Å². The minimum Gasteiger partial charge on any atom is -0.321 e. The topological polar surface area (TPSA) is 42.0 Å². The number of carbonyl (C=O) groups excluding carboxylic acids is 1. The lowest BCUT2D eigenvalue weighted by Gasteiger charge is -2.08. The van der Waals surface area contributed by atoms with Gasteiger partial charge in [-0.1, -0.05) is 6.07 Å². The van der Waals surface area contributed by atoms with Gasteiger partial charge in [0, 0.05) is 18.0 Å². The third-order valence-electron chi connectivity index (χ3n) is 2.79. The molecule has 2 rings (SSSR count). The number of benzene rings is 1. The van der Waals surface area contributed by atoms with Gasteiger partial charge in [0.1, 0.15) is 0 Å². The van der Waals surface area contributed by atoms with E-state index in [4.69, 9.17) is 0 Å². The van der Waals surface area contributed by atoms with Crippen molar-refractivity contribution < 1.29 is 4.79 Å². The van der Waals surface area contributed by atoms with E-state index >= 15 is 0 Å². The summed E-state index contributed by atoms with van der Waals surface area (Å²) >= 11 is 3.35. The zero-order valence-electron chi connectivity index (χ0n) is 10.2. The molecule has 0 spiro atoms. The van der Waals surface area contributed by atoms with E-state index in [1.54, 1.807) is 18.5 Å². The number of amides is 1. The lowest BCUT2D eigenvalue weighted by molar-refractivity contribution is 0.102. The molecular weight excluding hydrogens is 292 g/mol. The molecule has 92 valence electrons. The maximum atomic E-state index is 12.1. The highest BCUT2D eigenvalue weighted by atomic mass is 79.9. The van der Waals surface area contributed by atoms with Crippen LogP contribution in [0.5, 0.6) is 0 Å². The highest BCUT2D eigenvalue weighted by Gasteiger charge is 2.08. The molecule has 0 atom stereocenters. The number of aryl methyl sites for hydroxylation is 2. The molecule has 1 amide bonds. The molecule has 0 saturated heterocycles. The van der Waals surface area contributed by atoms with Crippen molar-refractivity contribution in [1.82, 2.24) is 4.98 Å². The second-order valence-electron chi connectivity index (χ2n) is 4.11. The maximum Gasteiger partial charge on any atom is 0.255 e. The van der Waals surface area contributed by atoms with Crippen molar-refractivity contribution in [2.45, 2.75) is 13.8 Å². The van der Waals surface area contributed by atoms with E-state index in [1.807, 2.05) is 32.0 Å². The molecule has 0 aliphatic heterocycles. The van der Waals surface area contributed by atoms with E-state index in [-0.39, 0.29) is 5.91 Å². The van der Waals surface area contributed by atoms with Crippen molar-refractivity contribution in [3.63, 3.8) is 0 Å². The number of carbonyl (C=O) groups is 1. The predicted molar refractivity (Wildman–Crippen MR) is 75.8 cm³/mol. The number of nitrogens with zero attached hydrogens (tertiary/aromatic N) is 1. The lowest BCUT2D eigenvalue weighted by atomic mass is 10.1. The van der Waals surface area contributed by atoms with E-state index in [0.717, 1.165) is 10.0 Å². The molecule has 0 fully saturated rings. The SMILES string of the molecule is Cc1ccc(C(=O)Nc2ccncc2Br)cc1C. The fourth-order valence-electron chi connectivity index (χ4n) is 1.55. The Balaban J connectivity index is 2.22. The summed E-state index contributed by atoms with van der Waals surface area (Å²) in [5.41, 5.74) is 3.66. The highest BCUT2D eigenvalue weighted by Crippen LogP contribution is 2.21. The smallest absolute Gasteiger partial charge is 0.255 e. The second-order valence-corrected chi connectivity index (χ2v) is 4.96. The molecule has 0 bridgehead atoms. The van der Waals surface area contributed by atoms with Gasteiger partial charge < -0.3 is 5.32 Å². The van der Waals surface area contributed by atoms with Gasteiger partial charge in [-0.2, -0.15) is 0 Å². The summed E-state index contributed by atoms with van der Waals surface area (Å²) < 4.78 is 0.766. The van der Waals surface area contributed by atoms with Gasteiger partial charge in [-0.15, -0.1) is 0 Å². The summed E-state index contributed by atoms with van der Waals surface area (Å²) in [7, 11) is 0. The van der Waals surface area contributed by atoms with Crippen LogP contribution in [0.1, 0.15) is 21.5 Å². The molecule has 4 heteroatoms. The second kappa shape index (κ2) is 5.31. The average Bonchev–Trinajstić information content (AvgIpc) is 2.35. The van der Waals surface area contributed by atoms with Crippen molar-refractivity contribution in [1.29, 1.82) is 0 Å². The van der Waals surface area contributed by atoms with Gasteiger partial charge in [-0.25, -0.2) is 0 Å². The van der Waals surface area contributed by atoms with Gasteiger partial charge >= 0.3 is 0 Å². The molecule has 1 aromatic heterocycles. The Morgan fingerprint density at radius 2 is 2.00 bits per heavy atom. The van der Waals surface area contributed by atoms with Crippen LogP contribution in [0.25, 0.3) is 0 Å². The fraction of sp³-hybridized carbons (Fsp3) is 0.143. The molecule has 2 aromatic rings. The third kappa shape index (κ3) is 2.76. The van der Waals surface area contributed by atoms with E-state index in [2.05, 4.69) is 26.2 Å². The van der Waals surface area contributed by atoms with E-state index < -0.39 is 0 Å². The first-order valence-electron chi connectivity index (χ1n) is 5.56. The molecule has 1 N–H and O–H groups in total. The average molecular weight is 305 g/mol. The Labute approximate surface area is 114 Å². The molecule has 1 heterocycles. The third-order valence-corrected chi connectivity index (χ3v) is 3.42. The Morgan fingerprint density at radius 1 is 1.22 bits per heavy atom. The van der Waals surface area contributed by atoms with Gasteiger partial charge in [-0.05, 0) is 59.1 Å². The van der Waals surface area contributed by atoms with Crippen LogP contribution in [-0.2, 0) is 0 Å². The molecule has 18 heavy (non-hydrogen) atoms. The zero-order chi connectivity index (χ0) is 13.1. The first kappa shape index (κ1) is 12.8. The van der Waals surface area contributed by atoms with Crippen LogP contribution in [0, 0.1) is 13.8 Å². The molecule has 0 aliphatic carbocycles. The molecule has 1 aromatic carbocycles. The van der Waals surface area contributed by atoms with Gasteiger partial charge in [0.05, 0.1) is 10.2 Å². The largest absolute Gasteiger partial charge is 0.321 e. The number of anilines is 1. The van der Waals surface area contributed by atoms with Gasteiger partial charge in [0.2, 0.25) is 0 Å². The minimum absolute atomic E-state index is 0.120. The standard InChI is InChI=1S/C14H13BrN2O/c1-9-3-4-11(7-10(9)2)14(18)17-13-5-6-16-8-12(13)15/h3-8H,1-2H3,(H,16,17,18). The first-order chi connectivity index (χ1) is 8.58. The summed E-state index contributed by atoms with van der Waals surface area (Å²) in [5, 5.41) is 2.85. The summed E-state index contributed by atoms with van der Waals surface area (Å²) in [6, 6.07) is 7.42. The Bertz CT molecular complexity index is 596. The zero-order valence-corrected chi connectivity index (χ0v) is 11.8. The Kier molecular flexibility index (Phi) is 3.77. The van der Waals surface area contributed by atoms with Crippen LogP contribution in [0.3, 0.4) is 0 Å². The lowest BCUT2D eigenvalue weighted by Crippen LogP contribution is -2.12. The van der Waals surface area contributed by atoms with E-state index in [9.17, 15) is 4.79 Å². The number of hydrogen-bond acceptors (Lipinski definition) is 2. The summed E-state index contributed by atoms with van der Waals surface area (Å²) in [6.45, 7) is 4.02. The Morgan fingerprint density at radius 3 is 2.67 bits per heavy atom. The normalized spacial score (nSPS) is 10.2. The molecule has 0 saturated carbocycles. The van der Waals surface area contributed by atoms with Crippen LogP contribution >= 0.6 is 15.9 Å². The first-order valence-corrected chi connectivity index (χ1v) is 6.35. The highest BCUT2D eigenvalue weighted by molar-refractivity contribution is 9.10. The van der Waals surface area contributed by atoms with Crippen molar-refractivity contribution in [2.24, 2.45) is 0 Å². The molecule has 3 nitrogen and oxygen atoms in total. The molecule has 0 aliphatic rings. The van der Waals surface area contributed by atoms with Crippen molar-refractivity contribution in [3.8, 4) is 0 Å². The van der Waals surface area contributed by atoms with Crippen LogP contribution < -0.4 is 5.32 Å².